The first-order valence-corrected chi connectivity index (χ1v) is 7.60. The third kappa shape index (κ3) is 4.06. The van der Waals surface area contributed by atoms with Crippen molar-refractivity contribution >= 4 is 5.69 Å². The summed E-state index contributed by atoms with van der Waals surface area (Å²) in [6, 6.07) is 2.53. The summed E-state index contributed by atoms with van der Waals surface area (Å²) in [6.45, 7) is 10.5. The molecule has 1 aromatic rings. The topological polar surface area (TPSA) is 15.7 Å². The molecule has 0 aromatic heterocycles. The Bertz CT molecular complexity index is 448. The first-order valence-electron chi connectivity index (χ1n) is 7.60. The number of hydrogen-bond donors (Lipinski definition) is 0. The maximum Gasteiger partial charge on any atom is 0.153 e. The Morgan fingerprint density at radius 2 is 1.67 bits per heavy atom. The summed E-state index contributed by atoms with van der Waals surface area (Å²) in [7, 11) is 0. The van der Waals surface area contributed by atoms with Crippen molar-refractivity contribution in [2.45, 2.75) is 20.8 Å². The van der Waals surface area contributed by atoms with E-state index in [1.165, 1.54) is 12.1 Å². The van der Waals surface area contributed by atoms with Gasteiger partial charge in [-0.2, -0.15) is 0 Å². The summed E-state index contributed by atoms with van der Waals surface area (Å²) >= 11 is 0. The summed E-state index contributed by atoms with van der Waals surface area (Å²) in [5.41, 5.74) is 0.0719. The summed E-state index contributed by atoms with van der Waals surface area (Å²) in [6.07, 6.45) is 0. The molecule has 0 saturated carbocycles. The maximum atomic E-state index is 14.2. The average Bonchev–Trinajstić information content (AvgIpc) is 2.39. The van der Waals surface area contributed by atoms with Crippen molar-refractivity contribution in [1.82, 2.24) is 4.90 Å². The summed E-state index contributed by atoms with van der Waals surface area (Å²) < 4.78 is 33.5. The van der Waals surface area contributed by atoms with Gasteiger partial charge in [0.1, 0.15) is 11.4 Å². The summed E-state index contributed by atoms with van der Waals surface area (Å²) in [5, 5.41) is 0. The van der Waals surface area contributed by atoms with Crippen LogP contribution in [-0.2, 0) is 0 Å². The fourth-order valence-electron chi connectivity index (χ4n) is 2.76. The normalized spacial score (nSPS) is 16.6. The summed E-state index contributed by atoms with van der Waals surface area (Å²) in [4.78, 5) is 4.13. The highest BCUT2D eigenvalue weighted by Gasteiger charge is 2.23. The second-order valence-electron chi connectivity index (χ2n) is 5.85. The molecule has 0 radical (unpaired) electrons. The zero-order valence-corrected chi connectivity index (χ0v) is 13.0. The molecule has 0 atom stereocenters. The Labute approximate surface area is 125 Å². The van der Waals surface area contributed by atoms with Crippen LogP contribution in [0.15, 0.2) is 12.1 Å². The zero-order chi connectivity index (χ0) is 15.4. The van der Waals surface area contributed by atoms with Crippen molar-refractivity contribution in [3.8, 4) is 5.75 Å². The fraction of sp³-hybridized carbons (Fsp3) is 0.625. The third-order valence-corrected chi connectivity index (χ3v) is 3.61. The van der Waals surface area contributed by atoms with Gasteiger partial charge in [-0.15, -0.1) is 0 Å². The minimum Gasteiger partial charge on any atom is -0.494 e. The smallest absolute Gasteiger partial charge is 0.153 e. The van der Waals surface area contributed by atoms with Crippen molar-refractivity contribution in [3.63, 3.8) is 0 Å². The summed E-state index contributed by atoms with van der Waals surface area (Å²) in [5.74, 6) is -0.239. The molecule has 1 aromatic carbocycles. The van der Waals surface area contributed by atoms with Gasteiger partial charge in [-0.3, -0.25) is 4.90 Å². The molecule has 2 rings (SSSR count). The number of rotatable bonds is 5. The fourth-order valence-corrected chi connectivity index (χ4v) is 2.76. The molecule has 0 bridgehead atoms. The van der Waals surface area contributed by atoms with E-state index in [1.807, 2.05) is 0 Å². The van der Waals surface area contributed by atoms with E-state index in [9.17, 15) is 8.78 Å². The minimum atomic E-state index is -0.546. The van der Waals surface area contributed by atoms with Crippen molar-refractivity contribution in [1.29, 1.82) is 0 Å². The van der Waals surface area contributed by atoms with E-state index in [2.05, 4.69) is 18.7 Å². The average molecular weight is 298 g/mol. The van der Waals surface area contributed by atoms with Gasteiger partial charge in [0.2, 0.25) is 0 Å². The van der Waals surface area contributed by atoms with E-state index >= 15 is 0 Å². The van der Waals surface area contributed by atoms with Gasteiger partial charge in [-0.25, -0.2) is 8.78 Å². The second kappa shape index (κ2) is 7.07. The highest BCUT2D eigenvalue weighted by atomic mass is 19.1. The Balaban J connectivity index is 2.06. The Hall–Kier alpha value is -1.36. The van der Waals surface area contributed by atoms with E-state index in [4.69, 9.17) is 4.74 Å². The third-order valence-electron chi connectivity index (χ3n) is 3.61. The number of benzene rings is 1. The lowest BCUT2D eigenvalue weighted by Crippen LogP contribution is -2.48. The number of piperazine rings is 1. The van der Waals surface area contributed by atoms with Crippen LogP contribution < -0.4 is 9.64 Å². The molecule has 1 saturated heterocycles. The van der Waals surface area contributed by atoms with Crippen molar-refractivity contribution in [2.24, 2.45) is 5.92 Å². The van der Waals surface area contributed by atoms with Crippen LogP contribution in [0.1, 0.15) is 20.8 Å². The molecule has 21 heavy (non-hydrogen) atoms. The van der Waals surface area contributed by atoms with Gasteiger partial charge >= 0.3 is 0 Å². The van der Waals surface area contributed by atoms with E-state index in [1.54, 1.807) is 11.8 Å². The lowest BCUT2D eigenvalue weighted by molar-refractivity contribution is 0.230. The number of nitrogens with zero attached hydrogens (tertiary/aromatic N) is 2. The zero-order valence-electron chi connectivity index (χ0n) is 13.0. The molecule has 3 nitrogen and oxygen atoms in total. The standard InChI is InChI=1S/C16H24F2N2O/c1-4-21-13-9-14(17)16(15(18)10-13)20-7-5-19(6-8-20)11-12(2)3/h9-10,12H,4-8,11H2,1-3H3. The Morgan fingerprint density at radius 1 is 1.10 bits per heavy atom. The Kier molecular flexibility index (Phi) is 5.39. The van der Waals surface area contributed by atoms with Crippen LogP contribution in [0.2, 0.25) is 0 Å². The van der Waals surface area contributed by atoms with Crippen LogP contribution in [-0.4, -0.2) is 44.2 Å². The molecular weight excluding hydrogens is 274 g/mol. The van der Waals surface area contributed by atoms with Gasteiger partial charge in [-0.1, -0.05) is 13.8 Å². The highest BCUT2D eigenvalue weighted by molar-refractivity contribution is 5.52. The predicted octanol–water partition coefficient (Wildman–Crippen LogP) is 3.14. The van der Waals surface area contributed by atoms with Crippen LogP contribution in [0.25, 0.3) is 0 Å². The maximum absolute atomic E-state index is 14.2. The van der Waals surface area contributed by atoms with Crippen molar-refractivity contribution in [3.05, 3.63) is 23.8 Å². The monoisotopic (exact) mass is 298 g/mol. The molecular formula is C16H24F2N2O. The Morgan fingerprint density at radius 3 is 2.14 bits per heavy atom. The predicted molar refractivity (Wildman–Crippen MR) is 81.0 cm³/mol. The lowest BCUT2D eigenvalue weighted by Gasteiger charge is -2.37. The molecule has 0 amide bonds. The van der Waals surface area contributed by atoms with Gasteiger partial charge in [0.05, 0.1) is 6.61 Å². The molecule has 0 spiro atoms. The van der Waals surface area contributed by atoms with E-state index in [0.717, 1.165) is 19.6 Å². The molecule has 1 aliphatic rings. The molecule has 0 aliphatic carbocycles. The number of hydrogen-bond acceptors (Lipinski definition) is 3. The largest absolute Gasteiger partial charge is 0.494 e. The number of anilines is 1. The van der Waals surface area contributed by atoms with Gasteiger partial charge in [-0.05, 0) is 12.8 Å². The first kappa shape index (κ1) is 16.0. The van der Waals surface area contributed by atoms with Gasteiger partial charge in [0, 0.05) is 44.9 Å². The minimum absolute atomic E-state index is 0.0719. The van der Waals surface area contributed by atoms with E-state index in [-0.39, 0.29) is 11.4 Å². The number of ether oxygens (including phenoxy) is 1. The lowest BCUT2D eigenvalue weighted by atomic mass is 10.1. The van der Waals surface area contributed by atoms with E-state index in [0.29, 0.717) is 25.6 Å². The van der Waals surface area contributed by atoms with Crippen LogP contribution in [0.4, 0.5) is 14.5 Å². The van der Waals surface area contributed by atoms with Gasteiger partial charge in [0.15, 0.2) is 11.6 Å². The quantitative estimate of drug-likeness (QED) is 0.830. The molecule has 1 aliphatic heterocycles. The molecule has 0 unspecified atom stereocenters. The van der Waals surface area contributed by atoms with E-state index < -0.39 is 11.6 Å². The molecule has 5 heteroatoms. The van der Waals surface area contributed by atoms with Crippen LogP contribution in [0, 0.1) is 17.6 Å². The van der Waals surface area contributed by atoms with Crippen molar-refractivity contribution < 1.29 is 13.5 Å². The van der Waals surface area contributed by atoms with Crippen LogP contribution in [0.3, 0.4) is 0 Å². The van der Waals surface area contributed by atoms with Crippen LogP contribution >= 0.6 is 0 Å². The first-order chi connectivity index (χ1) is 10.0. The molecule has 1 fully saturated rings. The highest BCUT2D eigenvalue weighted by Crippen LogP contribution is 2.29. The molecule has 1 heterocycles. The SMILES string of the molecule is CCOc1cc(F)c(N2CCN(CC(C)C)CC2)c(F)c1. The van der Waals surface area contributed by atoms with Crippen molar-refractivity contribution in [2.75, 3.05) is 44.2 Å². The second-order valence-corrected chi connectivity index (χ2v) is 5.85. The number of halogens is 2. The van der Waals surface area contributed by atoms with Crippen LogP contribution in [0.5, 0.6) is 5.75 Å². The molecule has 0 N–H and O–H groups in total. The van der Waals surface area contributed by atoms with Gasteiger partial charge < -0.3 is 9.64 Å². The molecule has 118 valence electrons. The van der Waals surface area contributed by atoms with Gasteiger partial charge in [0.25, 0.3) is 0 Å².